The molecule has 2 aliphatic heterocycles. The van der Waals surface area contributed by atoms with Crippen LogP contribution in [0.5, 0.6) is 0 Å². The number of hydrogen-bond donors (Lipinski definition) is 1. The standard InChI is InChI=1S/C13H23FO3S/c14-8-3-1-2-7-13(15)9-11-5-4-6-12(10-13)18(11,16)17/h11-12,15H,1-10H2. The summed E-state index contributed by atoms with van der Waals surface area (Å²) in [5.74, 6) is 0. The highest BCUT2D eigenvalue weighted by atomic mass is 32.2. The fourth-order valence-electron chi connectivity index (χ4n) is 3.47. The smallest absolute Gasteiger partial charge is 0.156 e. The van der Waals surface area contributed by atoms with Gasteiger partial charge in [0, 0.05) is 0 Å². The first-order valence-corrected chi connectivity index (χ1v) is 8.60. The van der Waals surface area contributed by atoms with E-state index in [-0.39, 0.29) is 17.2 Å². The average Bonchev–Trinajstić information content (AvgIpc) is 2.27. The van der Waals surface area contributed by atoms with Crippen LogP contribution in [0.15, 0.2) is 0 Å². The predicted octanol–water partition coefficient (Wildman–Crippen LogP) is 2.38. The number of halogens is 1. The molecule has 2 aliphatic rings. The molecule has 2 bridgehead atoms. The van der Waals surface area contributed by atoms with Crippen LogP contribution in [-0.2, 0) is 9.84 Å². The number of fused-ring (bicyclic) bond motifs is 2. The molecule has 2 heterocycles. The fraction of sp³-hybridized carbons (Fsp3) is 1.00. The van der Waals surface area contributed by atoms with Gasteiger partial charge in [-0.2, -0.15) is 0 Å². The first-order chi connectivity index (χ1) is 8.48. The molecule has 0 amide bonds. The molecule has 0 spiro atoms. The van der Waals surface area contributed by atoms with Gasteiger partial charge in [-0.3, -0.25) is 4.39 Å². The van der Waals surface area contributed by atoms with E-state index in [0.29, 0.717) is 38.5 Å². The molecule has 0 aromatic carbocycles. The highest BCUT2D eigenvalue weighted by molar-refractivity contribution is 7.92. The number of unbranched alkanes of at least 4 members (excludes halogenated alkanes) is 2. The average molecular weight is 278 g/mol. The third kappa shape index (κ3) is 2.87. The molecule has 2 atom stereocenters. The zero-order chi connectivity index (χ0) is 13.2. The van der Waals surface area contributed by atoms with E-state index in [1.165, 1.54) is 0 Å². The molecule has 2 saturated heterocycles. The molecule has 0 aromatic heterocycles. The normalized spacial score (nSPS) is 38.6. The fourth-order valence-corrected chi connectivity index (χ4v) is 6.09. The van der Waals surface area contributed by atoms with E-state index in [1.54, 1.807) is 0 Å². The molecule has 18 heavy (non-hydrogen) atoms. The van der Waals surface area contributed by atoms with Crippen molar-refractivity contribution >= 4 is 9.84 Å². The lowest BCUT2D eigenvalue weighted by atomic mass is 9.82. The van der Waals surface area contributed by atoms with E-state index in [4.69, 9.17) is 0 Å². The summed E-state index contributed by atoms with van der Waals surface area (Å²) < 4.78 is 36.2. The molecular weight excluding hydrogens is 255 g/mol. The Kier molecular flexibility index (Phi) is 4.32. The summed E-state index contributed by atoms with van der Waals surface area (Å²) in [5.41, 5.74) is -0.822. The van der Waals surface area contributed by atoms with Crippen molar-refractivity contribution in [2.24, 2.45) is 0 Å². The van der Waals surface area contributed by atoms with Crippen LogP contribution in [-0.4, -0.2) is 36.3 Å². The summed E-state index contributed by atoms with van der Waals surface area (Å²) in [4.78, 5) is 0. The van der Waals surface area contributed by atoms with Gasteiger partial charge in [-0.25, -0.2) is 8.42 Å². The zero-order valence-corrected chi connectivity index (χ0v) is 11.6. The van der Waals surface area contributed by atoms with Crippen molar-refractivity contribution in [3.63, 3.8) is 0 Å². The molecule has 3 nitrogen and oxygen atoms in total. The molecule has 1 N–H and O–H groups in total. The number of hydrogen-bond acceptors (Lipinski definition) is 3. The maximum Gasteiger partial charge on any atom is 0.156 e. The molecule has 106 valence electrons. The summed E-state index contributed by atoms with van der Waals surface area (Å²) in [5, 5.41) is 9.88. The van der Waals surface area contributed by atoms with Crippen LogP contribution in [0.1, 0.15) is 57.8 Å². The zero-order valence-electron chi connectivity index (χ0n) is 10.8. The maximum atomic E-state index is 12.1. The SMILES string of the molecule is O=S1(=O)C2CCCC1CC(O)(CCCCCF)C2. The molecule has 0 radical (unpaired) electrons. The highest BCUT2D eigenvalue weighted by Crippen LogP contribution is 2.43. The molecule has 5 heteroatoms. The van der Waals surface area contributed by atoms with Crippen LogP contribution < -0.4 is 0 Å². The van der Waals surface area contributed by atoms with Gasteiger partial charge in [0.2, 0.25) is 0 Å². The van der Waals surface area contributed by atoms with Crippen LogP contribution in [0.2, 0.25) is 0 Å². The van der Waals surface area contributed by atoms with Crippen LogP contribution in [0.3, 0.4) is 0 Å². The number of alkyl halides is 1. The van der Waals surface area contributed by atoms with Crippen molar-refractivity contribution in [3.8, 4) is 0 Å². The second-order valence-corrected chi connectivity index (χ2v) is 8.41. The summed E-state index contributed by atoms with van der Waals surface area (Å²) in [7, 11) is -2.99. The Balaban J connectivity index is 1.96. The molecular formula is C13H23FO3S. The van der Waals surface area contributed by atoms with Crippen LogP contribution >= 0.6 is 0 Å². The Morgan fingerprint density at radius 2 is 1.72 bits per heavy atom. The number of aliphatic hydroxyl groups is 1. The third-order valence-corrected chi connectivity index (χ3v) is 7.14. The van der Waals surface area contributed by atoms with E-state index >= 15 is 0 Å². The van der Waals surface area contributed by atoms with Gasteiger partial charge in [-0.1, -0.05) is 19.3 Å². The number of sulfone groups is 1. The second-order valence-electron chi connectivity index (χ2n) is 5.90. The van der Waals surface area contributed by atoms with Crippen molar-refractivity contribution in [1.82, 2.24) is 0 Å². The van der Waals surface area contributed by atoms with Gasteiger partial charge in [0.15, 0.2) is 9.84 Å². The van der Waals surface area contributed by atoms with E-state index in [2.05, 4.69) is 0 Å². The lowest BCUT2D eigenvalue weighted by molar-refractivity contribution is -0.000607. The Bertz CT molecular complexity index is 360. The van der Waals surface area contributed by atoms with Crippen LogP contribution in [0.4, 0.5) is 4.39 Å². The Morgan fingerprint density at radius 3 is 2.28 bits per heavy atom. The van der Waals surface area contributed by atoms with E-state index in [9.17, 15) is 17.9 Å². The summed E-state index contributed by atoms with van der Waals surface area (Å²) in [6.07, 6.45) is 5.88. The van der Waals surface area contributed by atoms with Gasteiger partial charge < -0.3 is 5.11 Å². The van der Waals surface area contributed by atoms with Crippen molar-refractivity contribution in [3.05, 3.63) is 0 Å². The minimum atomic E-state index is -2.99. The molecule has 2 unspecified atom stereocenters. The Morgan fingerprint density at radius 1 is 1.11 bits per heavy atom. The first kappa shape index (κ1) is 14.3. The van der Waals surface area contributed by atoms with Gasteiger partial charge in [-0.15, -0.1) is 0 Å². The monoisotopic (exact) mass is 278 g/mol. The summed E-state index contributed by atoms with van der Waals surface area (Å²) in [6.45, 7) is -0.307. The predicted molar refractivity (Wildman–Crippen MR) is 69.0 cm³/mol. The molecule has 2 rings (SSSR count). The molecule has 0 saturated carbocycles. The Labute approximate surface area is 109 Å². The molecule has 2 fully saturated rings. The topological polar surface area (TPSA) is 54.4 Å². The third-order valence-electron chi connectivity index (χ3n) is 4.47. The van der Waals surface area contributed by atoms with Gasteiger partial charge in [0.1, 0.15) is 0 Å². The van der Waals surface area contributed by atoms with Gasteiger partial charge >= 0.3 is 0 Å². The van der Waals surface area contributed by atoms with Crippen molar-refractivity contribution in [2.75, 3.05) is 6.67 Å². The van der Waals surface area contributed by atoms with Gasteiger partial charge in [0.25, 0.3) is 0 Å². The van der Waals surface area contributed by atoms with Gasteiger partial charge in [0.05, 0.1) is 22.8 Å². The van der Waals surface area contributed by atoms with Crippen molar-refractivity contribution in [1.29, 1.82) is 0 Å². The lowest BCUT2D eigenvalue weighted by Gasteiger charge is -2.44. The second kappa shape index (κ2) is 5.45. The molecule has 0 aromatic rings. The van der Waals surface area contributed by atoms with Crippen LogP contribution in [0, 0.1) is 0 Å². The summed E-state index contributed by atoms with van der Waals surface area (Å²) >= 11 is 0. The van der Waals surface area contributed by atoms with E-state index in [0.717, 1.165) is 19.3 Å². The van der Waals surface area contributed by atoms with Crippen LogP contribution in [0.25, 0.3) is 0 Å². The quantitative estimate of drug-likeness (QED) is 0.786. The lowest BCUT2D eigenvalue weighted by Crippen LogP contribution is -2.51. The number of rotatable bonds is 5. The van der Waals surface area contributed by atoms with Crippen molar-refractivity contribution in [2.45, 2.75) is 73.9 Å². The highest BCUT2D eigenvalue weighted by Gasteiger charge is 2.49. The minimum absolute atomic E-state index is 0.307. The summed E-state index contributed by atoms with van der Waals surface area (Å²) in [6, 6.07) is 0. The van der Waals surface area contributed by atoms with E-state index < -0.39 is 15.4 Å². The Hall–Kier alpha value is -0.160. The molecule has 0 aliphatic carbocycles. The largest absolute Gasteiger partial charge is 0.390 e. The maximum absolute atomic E-state index is 12.1. The minimum Gasteiger partial charge on any atom is -0.390 e. The van der Waals surface area contributed by atoms with E-state index in [1.807, 2.05) is 0 Å². The first-order valence-electron chi connectivity index (χ1n) is 6.99. The van der Waals surface area contributed by atoms with Gasteiger partial charge in [-0.05, 0) is 38.5 Å². The van der Waals surface area contributed by atoms with Crippen molar-refractivity contribution < 1.29 is 17.9 Å².